The van der Waals surface area contributed by atoms with Gasteiger partial charge in [0.15, 0.2) is 0 Å². The molecule has 0 bridgehead atoms. The Morgan fingerprint density at radius 3 is 2.27 bits per heavy atom. The van der Waals surface area contributed by atoms with Crippen LogP contribution >= 0.6 is 0 Å². The van der Waals surface area contributed by atoms with E-state index in [1.807, 2.05) is 24.3 Å². The van der Waals surface area contributed by atoms with Crippen molar-refractivity contribution in [1.82, 2.24) is 9.88 Å². The maximum Gasteiger partial charge on any atom is 0.252 e. The number of nitrogens with zero attached hydrogens (tertiary/aromatic N) is 2. The van der Waals surface area contributed by atoms with E-state index in [0.717, 1.165) is 50.3 Å². The molecule has 30 heavy (non-hydrogen) atoms. The van der Waals surface area contributed by atoms with Crippen molar-refractivity contribution >= 4 is 11.6 Å². The molecule has 0 atom stereocenters. The lowest BCUT2D eigenvalue weighted by atomic mass is 10.0. The fourth-order valence-corrected chi connectivity index (χ4v) is 4.01. The summed E-state index contributed by atoms with van der Waals surface area (Å²) >= 11 is 0. The number of amides is 1. The number of carbonyl (C=O) groups excluding carboxylic acids is 1. The summed E-state index contributed by atoms with van der Waals surface area (Å²) in [5, 5.41) is 3.57. The highest BCUT2D eigenvalue weighted by Gasteiger charge is 2.21. The van der Waals surface area contributed by atoms with E-state index >= 15 is 0 Å². The third-order valence-electron chi connectivity index (χ3n) is 5.65. The van der Waals surface area contributed by atoms with E-state index in [2.05, 4.69) is 57.7 Å². The van der Waals surface area contributed by atoms with Crippen molar-refractivity contribution in [3.63, 3.8) is 0 Å². The molecule has 0 radical (unpaired) electrons. The van der Waals surface area contributed by atoms with Crippen LogP contribution in [-0.2, 0) is 13.0 Å². The van der Waals surface area contributed by atoms with E-state index in [-0.39, 0.29) is 0 Å². The van der Waals surface area contributed by atoms with E-state index in [0.29, 0.717) is 11.6 Å². The number of rotatable bonds is 7. The topological polar surface area (TPSA) is 71.2 Å². The Balaban J connectivity index is 1.40. The van der Waals surface area contributed by atoms with Crippen molar-refractivity contribution in [2.75, 3.05) is 18.4 Å². The van der Waals surface area contributed by atoms with Gasteiger partial charge in [0.2, 0.25) is 0 Å². The van der Waals surface area contributed by atoms with Crippen molar-refractivity contribution in [3.05, 3.63) is 95.3 Å². The van der Waals surface area contributed by atoms with Gasteiger partial charge < -0.3 is 11.1 Å². The average molecular weight is 401 g/mol. The van der Waals surface area contributed by atoms with Crippen molar-refractivity contribution < 1.29 is 4.79 Å². The van der Waals surface area contributed by atoms with Crippen molar-refractivity contribution in [2.45, 2.75) is 31.8 Å². The number of carbonyl (C=O) groups is 1. The van der Waals surface area contributed by atoms with Crippen LogP contribution in [0.25, 0.3) is 0 Å². The van der Waals surface area contributed by atoms with Gasteiger partial charge in [-0.2, -0.15) is 0 Å². The molecule has 0 aliphatic carbocycles. The Bertz CT molecular complexity index is 967. The summed E-state index contributed by atoms with van der Waals surface area (Å²) < 4.78 is 0. The highest BCUT2D eigenvalue weighted by molar-refractivity contribution is 5.98. The Morgan fingerprint density at radius 1 is 1.00 bits per heavy atom. The standard InChI is InChI=1S/C25H28N4O/c26-25(30)23-17-27-22(15-19-7-3-1-4-8-19)16-24(23)28-21-11-13-29(14-12-21)18-20-9-5-2-6-10-20/h1-10,16-17,21H,11-15,18H2,(H2,26,30)(H,27,28). The molecule has 1 aliphatic heterocycles. The van der Waals surface area contributed by atoms with Crippen LogP contribution in [0.15, 0.2) is 72.9 Å². The van der Waals surface area contributed by atoms with Crippen LogP contribution in [0, 0.1) is 0 Å². The average Bonchev–Trinajstić information content (AvgIpc) is 2.77. The first-order valence-corrected chi connectivity index (χ1v) is 10.5. The van der Waals surface area contributed by atoms with E-state index in [9.17, 15) is 4.79 Å². The van der Waals surface area contributed by atoms with Crippen LogP contribution in [0.5, 0.6) is 0 Å². The monoisotopic (exact) mass is 400 g/mol. The Kier molecular flexibility index (Phi) is 6.40. The van der Waals surface area contributed by atoms with Gasteiger partial charge in [-0.15, -0.1) is 0 Å². The molecule has 154 valence electrons. The lowest BCUT2D eigenvalue weighted by Crippen LogP contribution is -2.39. The SMILES string of the molecule is NC(=O)c1cnc(Cc2ccccc2)cc1NC1CCN(Cc2ccccc2)CC1. The number of piperidine rings is 1. The molecule has 4 rings (SSSR count). The number of hydrogen-bond donors (Lipinski definition) is 2. The van der Waals surface area contributed by atoms with Crippen LogP contribution in [0.3, 0.4) is 0 Å². The van der Waals surface area contributed by atoms with E-state index in [4.69, 9.17) is 5.73 Å². The Labute approximate surface area is 177 Å². The van der Waals surface area contributed by atoms with Crippen molar-refractivity contribution in [3.8, 4) is 0 Å². The maximum absolute atomic E-state index is 11.9. The largest absolute Gasteiger partial charge is 0.381 e. The normalized spacial score (nSPS) is 15.1. The van der Waals surface area contributed by atoms with Crippen LogP contribution in [-0.4, -0.2) is 34.9 Å². The second-order valence-corrected chi connectivity index (χ2v) is 7.93. The van der Waals surface area contributed by atoms with Gasteiger partial charge in [-0.1, -0.05) is 60.7 Å². The molecule has 1 fully saturated rings. The molecular weight excluding hydrogens is 372 g/mol. The first kappa shape index (κ1) is 20.1. The number of anilines is 1. The zero-order valence-electron chi connectivity index (χ0n) is 17.1. The number of benzene rings is 2. The van der Waals surface area contributed by atoms with Crippen LogP contribution in [0.4, 0.5) is 5.69 Å². The number of aromatic nitrogens is 1. The summed E-state index contributed by atoms with van der Waals surface area (Å²) in [5.41, 5.74) is 10.3. The summed E-state index contributed by atoms with van der Waals surface area (Å²) in [6.07, 6.45) is 4.39. The van der Waals surface area contributed by atoms with Crippen LogP contribution in [0.2, 0.25) is 0 Å². The highest BCUT2D eigenvalue weighted by Crippen LogP contribution is 2.22. The number of nitrogens with two attached hydrogens (primary N) is 1. The van der Waals surface area contributed by atoms with E-state index in [1.54, 1.807) is 6.20 Å². The van der Waals surface area contributed by atoms with E-state index < -0.39 is 5.91 Å². The molecule has 0 spiro atoms. The van der Waals surface area contributed by atoms with Gasteiger partial charge in [-0.05, 0) is 30.0 Å². The molecule has 5 heteroatoms. The molecule has 1 aromatic heterocycles. The quantitative estimate of drug-likeness (QED) is 0.632. The minimum atomic E-state index is -0.447. The molecule has 5 nitrogen and oxygen atoms in total. The first-order valence-electron chi connectivity index (χ1n) is 10.5. The maximum atomic E-state index is 11.9. The minimum absolute atomic E-state index is 0.321. The number of primary amides is 1. The summed E-state index contributed by atoms with van der Waals surface area (Å²) in [4.78, 5) is 18.9. The van der Waals surface area contributed by atoms with E-state index in [1.165, 1.54) is 11.1 Å². The number of pyridine rings is 1. The summed E-state index contributed by atoms with van der Waals surface area (Å²) in [6.45, 7) is 3.04. The third-order valence-corrected chi connectivity index (χ3v) is 5.65. The molecule has 0 unspecified atom stereocenters. The Morgan fingerprint density at radius 2 is 1.63 bits per heavy atom. The molecule has 3 N–H and O–H groups in total. The summed E-state index contributed by atoms with van der Waals surface area (Å²) in [5.74, 6) is -0.447. The van der Waals surface area contributed by atoms with Gasteiger partial charge in [-0.25, -0.2) is 0 Å². The summed E-state index contributed by atoms with van der Waals surface area (Å²) in [7, 11) is 0. The van der Waals surface area contributed by atoms with Gasteiger partial charge >= 0.3 is 0 Å². The lowest BCUT2D eigenvalue weighted by Gasteiger charge is -2.33. The number of hydrogen-bond acceptors (Lipinski definition) is 4. The molecule has 0 saturated carbocycles. The molecular formula is C25H28N4O. The third kappa shape index (κ3) is 5.24. The molecule has 2 aromatic carbocycles. The van der Waals surface area contributed by atoms with Gasteiger partial charge in [0, 0.05) is 44.0 Å². The first-order chi connectivity index (χ1) is 14.7. The second kappa shape index (κ2) is 9.55. The van der Waals surface area contributed by atoms with Gasteiger partial charge in [0.1, 0.15) is 0 Å². The van der Waals surface area contributed by atoms with Crippen LogP contribution < -0.4 is 11.1 Å². The van der Waals surface area contributed by atoms with Crippen molar-refractivity contribution in [1.29, 1.82) is 0 Å². The Hall–Kier alpha value is -3.18. The molecule has 2 heterocycles. The fourth-order valence-electron chi connectivity index (χ4n) is 4.01. The lowest BCUT2D eigenvalue weighted by molar-refractivity contribution is 0.100. The molecule has 1 amide bonds. The van der Waals surface area contributed by atoms with Crippen molar-refractivity contribution in [2.24, 2.45) is 5.73 Å². The van der Waals surface area contributed by atoms with Gasteiger partial charge in [-0.3, -0.25) is 14.7 Å². The number of nitrogens with one attached hydrogen (secondary N) is 1. The molecule has 3 aromatic rings. The molecule has 1 aliphatic rings. The molecule has 1 saturated heterocycles. The fraction of sp³-hybridized carbons (Fsp3) is 0.280. The smallest absolute Gasteiger partial charge is 0.252 e. The zero-order valence-corrected chi connectivity index (χ0v) is 17.1. The van der Waals surface area contributed by atoms with Crippen LogP contribution in [0.1, 0.15) is 40.0 Å². The predicted molar refractivity (Wildman–Crippen MR) is 120 cm³/mol. The zero-order chi connectivity index (χ0) is 20.8. The van der Waals surface area contributed by atoms with Gasteiger partial charge in [0.05, 0.1) is 11.3 Å². The predicted octanol–water partition coefficient (Wildman–Crippen LogP) is 3.85. The summed E-state index contributed by atoms with van der Waals surface area (Å²) in [6, 6.07) is 23.1. The second-order valence-electron chi connectivity index (χ2n) is 7.93. The minimum Gasteiger partial charge on any atom is -0.381 e. The highest BCUT2D eigenvalue weighted by atomic mass is 16.1. The number of likely N-dealkylation sites (tertiary alicyclic amines) is 1. The van der Waals surface area contributed by atoms with Gasteiger partial charge in [0.25, 0.3) is 5.91 Å².